The van der Waals surface area contributed by atoms with Crippen molar-refractivity contribution in [3.05, 3.63) is 17.6 Å². The highest BCUT2D eigenvalue weighted by Crippen LogP contribution is 2.29. The summed E-state index contributed by atoms with van der Waals surface area (Å²) in [6, 6.07) is 1.50. The summed E-state index contributed by atoms with van der Waals surface area (Å²) >= 11 is 1.34. The Morgan fingerprint density at radius 1 is 1.48 bits per heavy atom. The highest BCUT2D eigenvalue weighted by Gasteiger charge is 2.46. The summed E-state index contributed by atoms with van der Waals surface area (Å²) in [5, 5.41) is 11.9. The van der Waals surface area contributed by atoms with Crippen molar-refractivity contribution in [2.24, 2.45) is 12.5 Å². The third-order valence-corrected chi connectivity index (χ3v) is 4.65. The number of carbonyl (C=O) groups excluding carboxylic acids is 2. The van der Waals surface area contributed by atoms with Crippen LogP contribution < -0.4 is 10.6 Å². The molecule has 3 rings (SSSR count). The minimum absolute atomic E-state index is 0.0468. The predicted octanol–water partition coefficient (Wildman–Crippen LogP) is 1.14. The van der Waals surface area contributed by atoms with Gasteiger partial charge in [0, 0.05) is 38.8 Å². The van der Waals surface area contributed by atoms with Crippen LogP contribution >= 0.6 is 11.3 Å². The van der Waals surface area contributed by atoms with Crippen LogP contribution in [0.1, 0.15) is 6.92 Å². The molecule has 1 saturated heterocycles. The molecule has 0 aromatic carbocycles. The Kier molecular flexibility index (Phi) is 3.80. The largest absolute Gasteiger partial charge is 0.344 e. The molecule has 23 heavy (non-hydrogen) atoms. The number of aryl methyl sites for hydroxylation is 1. The molecular weight excluding hydrogens is 316 g/mol. The summed E-state index contributed by atoms with van der Waals surface area (Å²) < 4.78 is 1.72. The van der Waals surface area contributed by atoms with E-state index in [2.05, 4.69) is 20.7 Å². The van der Waals surface area contributed by atoms with E-state index in [1.807, 2.05) is 25.4 Å². The fourth-order valence-corrected chi connectivity index (χ4v) is 3.35. The second-order valence-electron chi connectivity index (χ2n) is 5.91. The van der Waals surface area contributed by atoms with Gasteiger partial charge >= 0.3 is 6.03 Å². The van der Waals surface area contributed by atoms with Crippen molar-refractivity contribution >= 4 is 28.4 Å². The number of likely N-dealkylation sites (tertiary alicyclic amines) is 1. The van der Waals surface area contributed by atoms with Gasteiger partial charge in [0.1, 0.15) is 5.69 Å². The van der Waals surface area contributed by atoms with Crippen molar-refractivity contribution in [3.8, 4) is 11.4 Å². The number of amides is 3. The molecule has 9 heteroatoms. The van der Waals surface area contributed by atoms with Gasteiger partial charge in [0.25, 0.3) is 0 Å². The maximum atomic E-state index is 12.0. The molecule has 0 bridgehead atoms. The van der Waals surface area contributed by atoms with Crippen LogP contribution in [0.25, 0.3) is 11.4 Å². The zero-order valence-electron chi connectivity index (χ0n) is 13.2. The second-order valence-corrected chi connectivity index (χ2v) is 6.77. The van der Waals surface area contributed by atoms with Gasteiger partial charge in [-0.3, -0.25) is 14.8 Å². The number of nitrogens with one attached hydrogen (secondary N) is 2. The van der Waals surface area contributed by atoms with Crippen molar-refractivity contribution < 1.29 is 9.59 Å². The number of hydrogen-bond acceptors (Lipinski definition) is 5. The summed E-state index contributed by atoms with van der Waals surface area (Å²) in [7, 11) is 3.58. The van der Waals surface area contributed by atoms with Crippen molar-refractivity contribution in [1.82, 2.24) is 25.0 Å². The lowest BCUT2D eigenvalue weighted by Gasteiger charge is -2.44. The smallest absolute Gasteiger partial charge is 0.321 e. The van der Waals surface area contributed by atoms with Crippen LogP contribution in [0.15, 0.2) is 17.6 Å². The number of nitrogens with zero attached hydrogens (tertiary/aromatic N) is 4. The Morgan fingerprint density at radius 3 is 2.87 bits per heavy atom. The molecule has 1 unspecified atom stereocenters. The first kappa shape index (κ1) is 15.5. The molecule has 0 radical (unpaired) electrons. The maximum Gasteiger partial charge on any atom is 0.321 e. The molecule has 0 spiro atoms. The van der Waals surface area contributed by atoms with E-state index in [0.717, 1.165) is 11.4 Å². The van der Waals surface area contributed by atoms with Gasteiger partial charge in [0.05, 0.1) is 11.1 Å². The Hall–Kier alpha value is -2.42. The predicted molar refractivity (Wildman–Crippen MR) is 87.1 cm³/mol. The molecule has 3 amide bonds. The number of anilines is 1. The first-order valence-electron chi connectivity index (χ1n) is 7.13. The molecule has 2 N–H and O–H groups in total. The van der Waals surface area contributed by atoms with Crippen molar-refractivity contribution in [2.75, 3.05) is 25.5 Å². The average molecular weight is 334 g/mol. The molecule has 2 aromatic rings. The van der Waals surface area contributed by atoms with E-state index in [1.165, 1.54) is 11.3 Å². The molecule has 122 valence electrons. The van der Waals surface area contributed by atoms with Gasteiger partial charge in [-0.25, -0.2) is 9.78 Å². The fraction of sp³-hybridized carbons (Fsp3) is 0.429. The van der Waals surface area contributed by atoms with Gasteiger partial charge in [0.15, 0.2) is 5.13 Å². The average Bonchev–Trinajstić information content (AvgIpc) is 3.13. The molecule has 0 saturated carbocycles. The topological polar surface area (TPSA) is 92.2 Å². The zero-order valence-corrected chi connectivity index (χ0v) is 14.0. The summed E-state index contributed by atoms with van der Waals surface area (Å²) in [4.78, 5) is 29.7. The van der Waals surface area contributed by atoms with Crippen LogP contribution in [0.3, 0.4) is 0 Å². The highest BCUT2D eigenvalue weighted by molar-refractivity contribution is 7.14. The van der Waals surface area contributed by atoms with Gasteiger partial charge in [-0.1, -0.05) is 0 Å². The molecule has 2 aromatic heterocycles. The Bertz CT molecular complexity index is 754. The molecule has 3 heterocycles. The molecular formula is C14H18N6O2S. The lowest BCUT2D eigenvalue weighted by atomic mass is 9.81. The van der Waals surface area contributed by atoms with E-state index in [4.69, 9.17) is 0 Å². The van der Waals surface area contributed by atoms with Crippen LogP contribution in [0.2, 0.25) is 0 Å². The first-order valence-corrected chi connectivity index (χ1v) is 8.01. The third kappa shape index (κ3) is 2.91. The van der Waals surface area contributed by atoms with Crippen LogP contribution in [0.5, 0.6) is 0 Å². The van der Waals surface area contributed by atoms with E-state index in [9.17, 15) is 9.59 Å². The SMILES string of the molecule is CN1CC(C)(CNC(=O)Nc2nc(-c3ccnn3C)cs2)C1=O. The Balaban J connectivity index is 1.56. The minimum atomic E-state index is -0.505. The van der Waals surface area contributed by atoms with Gasteiger partial charge in [-0.05, 0) is 13.0 Å². The summed E-state index contributed by atoms with van der Waals surface area (Å²) in [5.41, 5.74) is 1.13. The van der Waals surface area contributed by atoms with Gasteiger partial charge < -0.3 is 10.2 Å². The van der Waals surface area contributed by atoms with Crippen molar-refractivity contribution in [3.63, 3.8) is 0 Å². The van der Waals surface area contributed by atoms with Crippen molar-refractivity contribution in [1.29, 1.82) is 0 Å². The highest BCUT2D eigenvalue weighted by atomic mass is 32.1. The molecule has 1 aliphatic rings. The van der Waals surface area contributed by atoms with E-state index < -0.39 is 5.41 Å². The lowest BCUT2D eigenvalue weighted by Crippen LogP contribution is -2.62. The summed E-state index contributed by atoms with van der Waals surface area (Å²) in [5.74, 6) is 0.0468. The standard InChI is InChI=1S/C14H18N6O2S/c1-14(8-19(2)11(14)21)7-15-12(22)18-13-17-9(6-23-13)10-4-5-16-20(10)3/h4-6H,7-8H2,1-3H3,(H2,15,17,18,22). The molecule has 0 aliphatic carbocycles. The number of β-lactam (4-membered cyclic amide) rings is 1. The quantitative estimate of drug-likeness (QED) is 0.820. The van der Waals surface area contributed by atoms with Gasteiger partial charge in [0.2, 0.25) is 5.91 Å². The number of rotatable bonds is 4. The third-order valence-electron chi connectivity index (χ3n) is 3.90. The Morgan fingerprint density at radius 2 is 2.26 bits per heavy atom. The van der Waals surface area contributed by atoms with Crippen LogP contribution in [0.4, 0.5) is 9.93 Å². The van der Waals surface area contributed by atoms with E-state index in [-0.39, 0.29) is 11.9 Å². The maximum absolute atomic E-state index is 12.0. The number of hydrogen-bond donors (Lipinski definition) is 2. The monoisotopic (exact) mass is 334 g/mol. The normalized spacial score (nSPS) is 20.3. The van der Waals surface area contributed by atoms with E-state index >= 15 is 0 Å². The summed E-state index contributed by atoms with van der Waals surface area (Å²) in [6.07, 6.45) is 1.70. The van der Waals surface area contributed by atoms with Crippen molar-refractivity contribution in [2.45, 2.75) is 6.92 Å². The van der Waals surface area contributed by atoms with E-state index in [0.29, 0.717) is 18.2 Å². The molecule has 1 fully saturated rings. The minimum Gasteiger partial charge on any atom is -0.344 e. The fourth-order valence-electron chi connectivity index (χ4n) is 2.65. The first-order chi connectivity index (χ1) is 10.9. The number of urea groups is 1. The summed E-state index contributed by atoms with van der Waals surface area (Å²) in [6.45, 7) is 2.80. The van der Waals surface area contributed by atoms with Crippen LogP contribution in [-0.2, 0) is 11.8 Å². The molecule has 8 nitrogen and oxygen atoms in total. The van der Waals surface area contributed by atoms with E-state index in [1.54, 1.807) is 22.8 Å². The molecule has 1 aliphatic heterocycles. The molecule has 1 atom stereocenters. The Labute approximate surface area is 137 Å². The van der Waals surface area contributed by atoms with Gasteiger partial charge in [-0.15, -0.1) is 11.3 Å². The second kappa shape index (κ2) is 5.65. The number of carbonyl (C=O) groups is 2. The zero-order chi connectivity index (χ0) is 16.6. The van der Waals surface area contributed by atoms with Crippen LogP contribution in [-0.4, -0.2) is 51.7 Å². The number of thiazole rings is 1. The lowest BCUT2D eigenvalue weighted by molar-refractivity contribution is -0.155. The number of aromatic nitrogens is 3. The van der Waals surface area contributed by atoms with Crippen LogP contribution in [0, 0.1) is 5.41 Å². The van der Waals surface area contributed by atoms with Gasteiger partial charge in [-0.2, -0.15) is 5.10 Å².